The van der Waals surface area contributed by atoms with E-state index in [1.807, 2.05) is 60.7 Å². The number of amides is 1. The minimum Gasteiger partial charge on any atom is -0.326 e. The van der Waals surface area contributed by atoms with Gasteiger partial charge in [0.15, 0.2) is 0 Å². The summed E-state index contributed by atoms with van der Waals surface area (Å²) >= 11 is 7.92. The monoisotopic (exact) mass is 507 g/mol. The standard InChI is InChI=1S/C30H22ClN3OS/c31-23-13-10-20(11-14-23)30-25(15-17-29(35)32-24-7-2-1-3-8-24)34-19-22(12-16-28(34)33-30)27-18-21-6-4-5-9-26(21)36-27/h1-14,16,18-19H,15,17H2,(H,32,35). The van der Waals surface area contributed by atoms with Gasteiger partial charge in [-0.05, 0) is 60.3 Å². The van der Waals surface area contributed by atoms with Gasteiger partial charge in [-0.3, -0.25) is 4.79 Å². The van der Waals surface area contributed by atoms with Crippen LogP contribution in [0.4, 0.5) is 5.69 Å². The van der Waals surface area contributed by atoms with E-state index in [4.69, 9.17) is 16.6 Å². The van der Waals surface area contributed by atoms with Gasteiger partial charge in [0.05, 0.1) is 11.4 Å². The first-order valence-corrected chi connectivity index (χ1v) is 12.9. The van der Waals surface area contributed by atoms with Crippen molar-refractivity contribution in [2.45, 2.75) is 12.8 Å². The highest BCUT2D eigenvalue weighted by Crippen LogP contribution is 2.35. The van der Waals surface area contributed by atoms with E-state index in [1.165, 1.54) is 15.0 Å². The van der Waals surface area contributed by atoms with Gasteiger partial charge in [0, 0.05) is 44.0 Å². The number of imidazole rings is 1. The zero-order chi connectivity index (χ0) is 24.5. The van der Waals surface area contributed by atoms with Crippen molar-refractivity contribution in [2.75, 3.05) is 5.32 Å². The molecule has 1 amide bonds. The molecule has 36 heavy (non-hydrogen) atoms. The summed E-state index contributed by atoms with van der Waals surface area (Å²) in [5, 5.41) is 4.90. The van der Waals surface area contributed by atoms with Gasteiger partial charge in [0.25, 0.3) is 0 Å². The van der Waals surface area contributed by atoms with Crippen LogP contribution in [0.1, 0.15) is 12.1 Å². The number of hydrogen-bond acceptors (Lipinski definition) is 3. The molecule has 0 saturated carbocycles. The number of thiophene rings is 1. The Bertz CT molecular complexity index is 1650. The summed E-state index contributed by atoms with van der Waals surface area (Å²) in [6, 6.07) is 32.0. The van der Waals surface area contributed by atoms with Gasteiger partial charge in [0.1, 0.15) is 5.65 Å². The SMILES string of the molecule is O=C(CCc1c(-c2ccc(Cl)cc2)nc2ccc(-c3cc4ccccc4s3)cn12)Nc1ccccc1. The summed E-state index contributed by atoms with van der Waals surface area (Å²) in [6.07, 6.45) is 3.03. The van der Waals surface area contributed by atoms with E-state index >= 15 is 0 Å². The molecule has 176 valence electrons. The average Bonchev–Trinajstić information content (AvgIpc) is 3.50. The quantitative estimate of drug-likeness (QED) is 0.247. The number of halogens is 1. The fourth-order valence-electron chi connectivity index (χ4n) is 4.42. The largest absolute Gasteiger partial charge is 0.326 e. The van der Waals surface area contributed by atoms with Crippen molar-refractivity contribution in [3.8, 4) is 21.7 Å². The Morgan fingerprint density at radius 2 is 1.64 bits per heavy atom. The van der Waals surface area contributed by atoms with E-state index in [-0.39, 0.29) is 5.91 Å². The maximum absolute atomic E-state index is 12.8. The van der Waals surface area contributed by atoms with Crippen LogP contribution in [-0.2, 0) is 11.2 Å². The maximum atomic E-state index is 12.8. The Morgan fingerprint density at radius 3 is 2.44 bits per heavy atom. The Morgan fingerprint density at radius 1 is 0.889 bits per heavy atom. The van der Waals surface area contributed by atoms with Crippen LogP contribution in [0.2, 0.25) is 5.02 Å². The molecule has 0 aliphatic heterocycles. The molecular formula is C30H22ClN3OS. The molecule has 0 bridgehead atoms. The molecule has 3 heterocycles. The van der Waals surface area contributed by atoms with Crippen LogP contribution in [0.25, 0.3) is 37.4 Å². The number of fused-ring (bicyclic) bond motifs is 2. The van der Waals surface area contributed by atoms with Crippen molar-refractivity contribution >= 4 is 50.3 Å². The van der Waals surface area contributed by atoms with E-state index in [9.17, 15) is 4.79 Å². The van der Waals surface area contributed by atoms with Gasteiger partial charge < -0.3 is 9.72 Å². The van der Waals surface area contributed by atoms with Gasteiger partial charge in [0.2, 0.25) is 5.91 Å². The van der Waals surface area contributed by atoms with Crippen LogP contribution in [0.3, 0.4) is 0 Å². The van der Waals surface area contributed by atoms with Crippen molar-refractivity contribution in [1.29, 1.82) is 0 Å². The molecule has 0 unspecified atom stereocenters. The summed E-state index contributed by atoms with van der Waals surface area (Å²) in [7, 11) is 0. The zero-order valence-electron chi connectivity index (χ0n) is 19.3. The number of aromatic nitrogens is 2. The average molecular weight is 508 g/mol. The first-order chi connectivity index (χ1) is 17.6. The first kappa shape index (κ1) is 22.5. The van der Waals surface area contributed by atoms with Crippen LogP contribution >= 0.6 is 22.9 Å². The number of carbonyl (C=O) groups is 1. The summed E-state index contributed by atoms with van der Waals surface area (Å²) in [5.41, 5.74) is 5.61. The summed E-state index contributed by atoms with van der Waals surface area (Å²) in [5.74, 6) is -0.0288. The van der Waals surface area contributed by atoms with Gasteiger partial charge >= 0.3 is 0 Å². The molecule has 0 saturated heterocycles. The third kappa shape index (κ3) is 4.51. The van der Waals surface area contributed by atoms with E-state index in [2.05, 4.69) is 52.3 Å². The number of anilines is 1. The molecule has 4 nitrogen and oxygen atoms in total. The third-order valence-corrected chi connectivity index (χ3v) is 7.61. The molecule has 3 aromatic carbocycles. The van der Waals surface area contributed by atoms with E-state index in [0.29, 0.717) is 17.9 Å². The molecule has 1 N–H and O–H groups in total. The molecule has 6 rings (SSSR count). The molecule has 3 aromatic heterocycles. The second-order valence-electron chi connectivity index (χ2n) is 8.62. The lowest BCUT2D eigenvalue weighted by atomic mass is 10.1. The van der Waals surface area contributed by atoms with Gasteiger partial charge in [-0.25, -0.2) is 4.98 Å². The zero-order valence-corrected chi connectivity index (χ0v) is 20.9. The summed E-state index contributed by atoms with van der Waals surface area (Å²) in [4.78, 5) is 18.9. The van der Waals surface area contributed by atoms with Crippen molar-refractivity contribution < 1.29 is 4.79 Å². The highest BCUT2D eigenvalue weighted by atomic mass is 35.5. The van der Waals surface area contributed by atoms with Crippen molar-refractivity contribution in [2.24, 2.45) is 0 Å². The lowest BCUT2D eigenvalue weighted by molar-refractivity contribution is -0.116. The number of rotatable bonds is 6. The predicted molar refractivity (Wildman–Crippen MR) is 150 cm³/mol. The number of hydrogen-bond donors (Lipinski definition) is 1. The number of nitrogens with zero attached hydrogens (tertiary/aromatic N) is 2. The molecule has 0 radical (unpaired) electrons. The number of aryl methyl sites for hydroxylation is 1. The highest BCUT2D eigenvalue weighted by molar-refractivity contribution is 7.22. The maximum Gasteiger partial charge on any atom is 0.224 e. The van der Waals surface area contributed by atoms with Crippen molar-refractivity contribution in [3.63, 3.8) is 0 Å². The Kier molecular flexibility index (Phi) is 6.01. The van der Waals surface area contributed by atoms with E-state index < -0.39 is 0 Å². The molecule has 0 spiro atoms. The molecule has 0 atom stereocenters. The third-order valence-electron chi connectivity index (χ3n) is 6.19. The molecule has 0 aliphatic rings. The summed E-state index contributed by atoms with van der Waals surface area (Å²) in [6.45, 7) is 0. The first-order valence-electron chi connectivity index (χ1n) is 11.7. The number of para-hydroxylation sites is 1. The fourth-order valence-corrected chi connectivity index (χ4v) is 5.60. The predicted octanol–water partition coefficient (Wildman–Crippen LogP) is 8.11. The Balaban J connectivity index is 1.39. The van der Waals surface area contributed by atoms with Crippen LogP contribution in [0, 0.1) is 0 Å². The Hall–Kier alpha value is -3.93. The minimum absolute atomic E-state index is 0.0288. The van der Waals surface area contributed by atoms with Crippen LogP contribution in [0.15, 0.2) is 103 Å². The van der Waals surface area contributed by atoms with E-state index in [0.717, 1.165) is 33.8 Å². The molecule has 0 aliphatic carbocycles. The number of carbonyl (C=O) groups excluding carboxylic acids is 1. The lowest BCUT2D eigenvalue weighted by Crippen LogP contribution is -2.13. The minimum atomic E-state index is -0.0288. The number of pyridine rings is 1. The molecule has 6 heteroatoms. The molecule has 0 fully saturated rings. The molecular weight excluding hydrogens is 486 g/mol. The highest BCUT2D eigenvalue weighted by Gasteiger charge is 2.17. The summed E-state index contributed by atoms with van der Waals surface area (Å²) < 4.78 is 3.39. The van der Waals surface area contributed by atoms with Crippen molar-refractivity contribution in [3.05, 3.63) is 114 Å². The van der Waals surface area contributed by atoms with Crippen LogP contribution < -0.4 is 5.32 Å². The number of nitrogens with one attached hydrogen (secondary N) is 1. The van der Waals surface area contributed by atoms with Gasteiger partial charge in [-0.1, -0.05) is 60.1 Å². The van der Waals surface area contributed by atoms with Gasteiger partial charge in [-0.2, -0.15) is 0 Å². The lowest BCUT2D eigenvalue weighted by Gasteiger charge is -2.08. The van der Waals surface area contributed by atoms with Crippen LogP contribution in [0.5, 0.6) is 0 Å². The smallest absolute Gasteiger partial charge is 0.224 e. The van der Waals surface area contributed by atoms with E-state index in [1.54, 1.807) is 11.3 Å². The van der Waals surface area contributed by atoms with Gasteiger partial charge in [-0.15, -0.1) is 11.3 Å². The topological polar surface area (TPSA) is 46.4 Å². The second-order valence-corrected chi connectivity index (χ2v) is 10.1. The second kappa shape index (κ2) is 9.61. The number of benzene rings is 3. The Labute approximate surface area is 217 Å². The fraction of sp³-hybridized carbons (Fsp3) is 0.0667. The van der Waals surface area contributed by atoms with Crippen LogP contribution in [-0.4, -0.2) is 15.3 Å². The molecule has 6 aromatic rings. The van der Waals surface area contributed by atoms with Crippen molar-refractivity contribution in [1.82, 2.24) is 9.38 Å². The normalized spacial score (nSPS) is 11.2.